The van der Waals surface area contributed by atoms with Crippen molar-refractivity contribution in [3.63, 3.8) is 0 Å². The molecule has 0 atom stereocenters. The molecular weight excluding hydrogens is 393 g/mol. The first-order chi connectivity index (χ1) is 13.4. The molecule has 12 heteroatoms. The average molecular weight is 412 g/mol. The van der Waals surface area contributed by atoms with Crippen LogP contribution in [-0.2, 0) is 6.18 Å². The van der Waals surface area contributed by atoms with Gasteiger partial charge in [-0.3, -0.25) is 4.90 Å². The lowest BCUT2D eigenvalue weighted by molar-refractivity contribution is -0.137. The quantitative estimate of drug-likeness (QED) is 0.588. The van der Waals surface area contributed by atoms with Gasteiger partial charge in [0.1, 0.15) is 5.82 Å². The molecule has 3 aromatic heterocycles. The zero-order valence-electron chi connectivity index (χ0n) is 14.8. The van der Waals surface area contributed by atoms with E-state index < -0.39 is 17.6 Å². The van der Waals surface area contributed by atoms with Crippen molar-refractivity contribution in [1.82, 2.24) is 29.8 Å². The number of nitrogens with two attached hydrogens (primary N) is 1. The number of imidazole rings is 1. The second-order valence-electron chi connectivity index (χ2n) is 6.43. The molecule has 0 bridgehead atoms. The first-order valence-corrected chi connectivity index (χ1v) is 9.58. The van der Waals surface area contributed by atoms with E-state index in [1.165, 1.54) is 17.5 Å². The lowest BCUT2D eigenvalue weighted by atomic mass is 10.1. The summed E-state index contributed by atoms with van der Waals surface area (Å²) in [5.74, 6) is -0.550. The van der Waals surface area contributed by atoms with E-state index in [2.05, 4.69) is 30.6 Å². The molecule has 1 aliphatic rings. The number of aromatic nitrogens is 4. The Labute approximate surface area is 162 Å². The number of nitrogen functional groups attached to an aromatic ring is 1. The van der Waals surface area contributed by atoms with Crippen LogP contribution in [0.1, 0.15) is 5.56 Å². The maximum absolute atomic E-state index is 13.0. The number of fused-ring (bicyclic) bond motifs is 1. The Morgan fingerprint density at radius 2 is 2.07 bits per heavy atom. The number of pyridine rings is 1. The minimum absolute atomic E-state index is 0.243. The third kappa shape index (κ3) is 4.03. The molecule has 1 fully saturated rings. The van der Waals surface area contributed by atoms with E-state index in [-0.39, 0.29) is 5.56 Å². The largest absolute Gasteiger partial charge is 0.419 e. The Morgan fingerprint density at radius 3 is 2.79 bits per heavy atom. The summed E-state index contributed by atoms with van der Waals surface area (Å²) in [5, 5.41) is 11.7. The SMILES string of the molecule is Nc1ncc(-c2cn3nc(NCCN4CCNCC4)sc3n2)cc1C(F)(F)F. The van der Waals surface area contributed by atoms with Gasteiger partial charge in [0.25, 0.3) is 0 Å². The van der Waals surface area contributed by atoms with E-state index in [9.17, 15) is 13.2 Å². The summed E-state index contributed by atoms with van der Waals surface area (Å²) >= 11 is 1.34. The van der Waals surface area contributed by atoms with Crippen LogP contribution in [0.4, 0.5) is 24.1 Å². The second kappa shape index (κ2) is 7.53. The molecule has 4 rings (SSSR count). The maximum Gasteiger partial charge on any atom is 0.419 e. The molecule has 1 aliphatic heterocycles. The second-order valence-corrected chi connectivity index (χ2v) is 7.39. The molecular formula is C16H19F3N8S. The molecule has 0 saturated carbocycles. The van der Waals surface area contributed by atoms with Gasteiger partial charge in [-0.05, 0) is 6.07 Å². The van der Waals surface area contributed by atoms with Crippen LogP contribution in [0.5, 0.6) is 0 Å². The van der Waals surface area contributed by atoms with Gasteiger partial charge >= 0.3 is 6.18 Å². The minimum Gasteiger partial charge on any atom is -0.383 e. The van der Waals surface area contributed by atoms with Crippen molar-refractivity contribution in [2.45, 2.75) is 6.18 Å². The summed E-state index contributed by atoms with van der Waals surface area (Å²) in [6.45, 7) is 5.75. The smallest absolute Gasteiger partial charge is 0.383 e. The first kappa shape index (κ1) is 18.9. The van der Waals surface area contributed by atoms with Crippen molar-refractivity contribution >= 4 is 27.2 Å². The van der Waals surface area contributed by atoms with Crippen LogP contribution < -0.4 is 16.4 Å². The van der Waals surface area contributed by atoms with Crippen molar-refractivity contribution < 1.29 is 13.2 Å². The Balaban J connectivity index is 1.45. The zero-order chi connectivity index (χ0) is 19.7. The fourth-order valence-corrected chi connectivity index (χ4v) is 3.82. The number of hydrogen-bond acceptors (Lipinski definition) is 8. The van der Waals surface area contributed by atoms with E-state index in [1.807, 2.05) is 0 Å². The molecule has 1 saturated heterocycles. The summed E-state index contributed by atoms with van der Waals surface area (Å²) in [7, 11) is 0. The fraction of sp³-hybridized carbons (Fsp3) is 0.438. The number of nitrogens with one attached hydrogen (secondary N) is 2. The number of rotatable bonds is 5. The minimum atomic E-state index is -4.57. The third-order valence-corrected chi connectivity index (χ3v) is 5.36. The van der Waals surface area contributed by atoms with Crippen LogP contribution in [0.2, 0.25) is 0 Å². The molecule has 4 N–H and O–H groups in total. The fourth-order valence-electron chi connectivity index (χ4n) is 3.01. The van der Waals surface area contributed by atoms with E-state index in [0.29, 0.717) is 10.7 Å². The predicted octanol–water partition coefficient (Wildman–Crippen LogP) is 1.77. The monoisotopic (exact) mass is 412 g/mol. The number of halogens is 3. The number of piperazine rings is 1. The van der Waals surface area contributed by atoms with E-state index >= 15 is 0 Å². The Morgan fingerprint density at radius 1 is 1.29 bits per heavy atom. The van der Waals surface area contributed by atoms with E-state index in [0.717, 1.165) is 50.5 Å². The molecule has 3 aromatic rings. The predicted molar refractivity (Wildman–Crippen MR) is 101 cm³/mol. The molecule has 8 nitrogen and oxygen atoms in total. The van der Waals surface area contributed by atoms with Crippen LogP contribution in [0.25, 0.3) is 16.2 Å². The average Bonchev–Trinajstić information content (AvgIpc) is 3.21. The number of hydrogen-bond donors (Lipinski definition) is 3. The molecule has 150 valence electrons. The number of alkyl halides is 3. The normalized spacial score (nSPS) is 16.0. The van der Waals surface area contributed by atoms with Crippen LogP contribution in [0.15, 0.2) is 18.5 Å². The van der Waals surface area contributed by atoms with Crippen LogP contribution in [0.3, 0.4) is 0 Å². The van der Waals surface area contributed by atoms with Crippen molar-refractivity contribution in [3.05, 3.63) is 24.0 Å². The molecule has 0 unspecified atom stereocenters. The van der Waals surface area contributed by atoms with E-state index in [1.54, 1.807) is 10.7 Å². The number of anilines is 2. The van der Waals surface area contributed by atoms with Crippen molar-refractivity contribution in [2.75, 3.05) is 50.3 Å². The van der Waals surface area contributed by atoms with Gasteiger partial charge in [-0.25, -0.2) is 14.5 Å². The number of nitrogens with zero attached hydrogens (tertiary/aromatic N) is 5. The van der Waals surface area contributed by atoms with Gasteiger partial charge in [0.15, 0.2) is 0 Å². The van der Waals surface area contributed by atoms with Crippen LogP contribution in [-0.4, -0.2) is 63.8 Å². The molecule has 0 radical (unpaired) electrons. The lowest BCUT2D eigenvalue weighted by Gasteiger charge is -2.26. The lowest BCUT2D eigenvalue weighted by Crippen LogP contribution is -2.45. The summed E-state index contributed by atoms with van der Waals surface area (Å²) in [6, 6.07) is 0.960. The van der Waals surface area contributed by atoms with Crippen molar-refractivity contribution in [2.24, 2.45) is 0 Å². The van der Waals surface area contributed by atoms with Crippen LogP contribution in [0, 0.1) is 0 Å². The summed E-state index contributed by atoms with van der Waals surface area (Å²) in [6.07, 6.45) is -1.70. The summed E-state index contributed by atoms with van der Waals surface area (Å²) < 4.78 is 40.6. The van der Waals surface area contributed by atoms with Gasteiger partial charge in [0.2, 0.25) is 10.1 Å². The molecule has 28 heavy (non-hydrogen) atoms. The Kier molecular flexibility index (Phi) is 5.08. The molecule has 0 aliphatic carbocycles. The summed E-state index contributed by atoms with van der Waals surface area (Å²) in [4.78, 5) is 11.0. The van der Waals surface area contributed by atoms with Gasteiger partial charge in [-0.1, -0.05) is 11.3 Å². The highest BCUT2D eigenvalue weighted by atomic mass is 32.1. The third-order valence-electron chi connectivity index (χ3n) is 4.48. The van der Waals surface area contributed by atoms with Crippen LogP contribution >= 0.6 is 11.3 Å². The van der Waals surface area contributed by atoms with E-state index in [4.69, 9.17) is 5.73 Å². The molecule has 4 heterocycles. The Hall–Kier alpha value is -2.44. The Bertz CT molecular complexity index is 929. The maximum atomic E-state index is 13.0. The first-order valence-electron chi connectivity index (χ1n) is 8.76. The zero-order valence-corrected chi connectivity index (χ0v) is 15.6. The molecule has 0 aromatic carbocycles. The van der Waals surface area contributed by atoms with Gasteiger partial charge in [0, 0.05) is 51.0 Å². The highest BCUT2D eigenvalue weighted by Crippen LogP contribution is 2.35. The van der Waals surface area contributed by atoms with Gasteiger partial charge in [-0.2, -0.15) is 13.2 Å². The highest BCUT2D eigenvalue weighted by Gasteiger charge is 2.34. The van der Waals surface area contributed by atoms with Crippen molar-refractivity contribution in [3.8, 4) is 11.3 Å². The van der Waals surface area contributed by atoms with Crippen molar-refractivity contribution in [1.29, 1.82) is 0 Å². The summed E-state index contributed by atoms with van der Waals surface area (Å²) in [5.41, 5.74) is 4.99. The van der Waals surface area contributed by atoms with Gasteiger partial charge < -0.3 is 16.4 Å². The molecule has 0 amide bonds. The highest BCUT2D eigenvalue weighted by molar-refractivity contribution is 7.20. The standard InChI is InChI=1S/C16H19F3N8S/c17-16(18,19)11-7-10(8-23-13(11)20)12-9-27-15(24-12)28-14(25-27)22-3-6-26-4-1-21-2-5-26/h7-9,21H,1-6H2,(H2,20,23)(H,22,25). The molecule has 0 spiro atoms. The van der Waals surface area contributed by atoms with Gasteiger partial charge in [0.05, 0.1) is 17.5 Å². The topological polar surface area (TPSA) is 96.4 Å². The van der Waals surface area contributed by atoms with Gasteiger partial charge in [-0.15, -0.1) is 5.10 Å².